The van der Waals surface area contributed by atoms with Gasteiger partial charge in [-0.15, -0.1) is 11.3 Å². The van der Waals surface area contributed by atoms with Gasteiger partial charge >= 0.3 is 5.97 Å². The Hall–Kier alpha value is -1.98. The molecule has 11 heteroatoms. The van der Waals surface area contributed by atoms with Gasteiger partial charge in [0.1, 0.15) is 17.1 Å². The summed E-state index contributed by atoms with van der Waals surface area (Å²) < 4.78 is 52.2. The number of thiazole rings is 1. The Morgan fingerprint density at radius 1 is 1.32 bits per heavy atom. The second-order valence-electron chi connectivity index (χ2n) is 10.9. The molecular weight excluding hydrogens is 527 g/mol. The van der Waals surface area contributed by atoms with Crippen molar-refractivity contribution in [3.8, 4) is 0 Å². The smallest absolute Gasteiger partial charge is 0.351 e. The molecule has 1 N–H and O–H groups in total. The fourth-order valence-electron chi connectivity index (χ4n) is 7.60. The zero-order valence-corrected chi connectivity index (χ0v) is 22.3. The van der Waals surface area contributed by atoms with E-state index in [9.17, 15) is 23.9 Å². The number of ketones is 1. The third-order valence-electron chi connectivity index (χ3n) is 9.46. The van der Waals surface area contributed by atoms with Gasteiger partial charge in [-0.25, -0.2) is 22.9 Å². The van der Waals surface area contributed by atoms with Crippen LogP contribution in [0.1, 0.15) is 54.9 Å². The Morgan fingerprint density at radius 2 is 2.05 bits per heavy atom. The first-order valence-electron chi connectivity index (χ1n) is 12.2. The van der Waals surface area contributed by atoms with Gasteiger partial charge in [0, 0.05) is 16.7 Å². The molecule has 4 aliphatic carbocycles. The number of carbonyl (C=O) groups is 3. The number of halogens is 3. The normalized spacial score (nSPS) is 42.5. The molecule has 0 spiro atoms. The number of rotatable bonds is 4. The van der Waals surface area contributed by atoms with Gasteiger partial charge in [-0.3, -0.25) is 9.59 Å². The van der Waals surface area contributed by atoms with Gasteiger partial charge in [0.05, 0.1) is 17.3 Å². The number of alkyl halides is 3. The number of hydrogen-bond acceptors (Lipinski definition) is 8. The fraction of sp³-hybridized carbons (Fsp3) is 0.615. The number of fused-ring (bicyclic) bond motifs is 5. The number of esters is 1. The lowest BCUT2D eigenvalue weighted by Crippen LogP contribution is -2.70. The molecule has 6 nitrogen and oxygen atoms in total. The van der Waals surface area contributed by atoms with Crippen LogP contribution in [0.15, 0.2) is 29.3 Å². The Balaban J connectivity index is 1.60. The summed E-state index contributed by atoms with van der Waals surface area (Å²) in [5.41, 5.74) is -5.13. The van der Waals surface area contributed by atoms with Crippen molar-refractivity contribution < 1.29 is 37.4 Å². The average molecular weight is 556 g/mol. The molecular formula is C26H28F3NO5S2. The van der Waals surface area contributed by atoms with Crippen LogP contribution in [0.3, 0.4) is 0 Å². The minimum atomic E-state index is -2.33. The van der Waals surface area contributed by atoms with E-state index >= 15 is 8.78 Å². The second kappa shape index (κ2) is 8.77. The van der Waals surface area contributed by atoms with E-state index in [2.05, 4.69) is 4.98 Å². The third-order valence-corrected chi connectivity index (χ3v) is 11.1. The van der Waals surface area contributed by atoms with Gasteiger partial charge < -0.3 is 9.84 Å². The van der Waals surface area contributed by atoms with Gasteiger partial charge in [-0.1, -0.05) is 13.0 Å². The number of aliphatic hydroxyl groups excluding tert-OH is 1. The molecule has 0 saturated heterocycles. The molecule has 5 rings (SSSR count). The molecule has 0 aliphatic heterocycles. The average Bonchev–Trinajstić information content (AvgIpc) is 3.39. The standard InChI is InChI=1S/C26H28F3NO5S2/c1-13-20(37-12-30-13)21(33)35-25(22(34)36-11-27)7-5-15-16-9-18(28)17-8-14(31)4-6-23(17,2)26(16,29)19(32)10-24(15,25)3/h4,6,8,12,15-16,18-19,32H,5,7,9-11H2,1-3H3/t15?,16?,18-,19?,23?,24?,25?,26-/m0/s1. The number of aliphatic hydroxyl groups is 1. The SMILES string of the molecule is Cc1ncsc1C(=O)OC1(C(=O)SCF)CCC2C3C[C@H](F)C4=CC(=O)C=CC4(C)[C@@]3(F)C(O)CC21C. The monoisotopic (exact) mass is 555 g/mol. The summed E-state index contributed by atoms with van der Waals surface area (Å²) in [4.78, 5) is 42.9. The maximum atomic E-state index is 17.3. The first-order chi connectivity index (χ1) is 17.4. The van der Waals surface area contributed by atoms with Gasteiger partial charge in [-0.2, -0.15) is 0 Å². The van der Waals surface area contributed by atoms with Gasteiger partial charge in [0.15, 0.2) is 17.1 Å². The molecule has 1 aromatic heterocycles. The molecule has 3 fully saturated rings. The van der Waals surface area contributed by atoms with Crippen molar-refractivity contribution in [2.75, 3.05) is 6.01 Å². The van der Waals surface area contributed by atoms with Crippen LogP contribution in [0.5, 0.6) is 0 Å². The first-order valence-corrected chi connectivity index (χ1v) is 14.0. The number of nitrogens with zero attached hydrogens (tertiary/aromatic N) is 1. The van der Waals surface area contributed by atoms with Gasteiger partial charge in [0.25, 0.3) is 0 Å². The number of thioether (sulfide) groups is 1. The highest BCUT2D eigenvalue weighted by Gasteiger charge is 2.76. The maximum absolute atomic E-state index is 17.3. The van der Waals surface area contributed by atoms with Crippen molar-refractivity contribution in [1.82, 2.24) is 4.98 Å². The third kappa shape index (κ3) is 3.42. The topological polar surface area (TPSA) is 93.6 Å². The summed E-state index contributed by atoms with van der Waals surface area (Å²) in [6.45, 7) is 4.76. The molecule has 1 aromatic rings. The molecule has 1 heterocycles. The number of allylic oxidation sites excluding steroid dienone is 4. The summed E-state index contributed by atoms with van der Waals surface area (Å²) >= 11 is 1.42. The van der Waals surface area contributed by atoms with Crippen molar-refractivity contribution in [1.29, 1.82) is 0 Å². The summed E-state index contributed by atoms with van der Waals surface area (Å²) in [5.74, 6) is -2.92. The van der Waals surface area contributed by atoms with Crippen LogP contribution >= 0.6 is 23.1 Å². The first kappa shape index (κ1) is 26.6. The van der Waals surface area contributed by atoms with E-state index in [1.54, 1.807) is 13.8 Å². The highest BCUT2D eigenvalue weighted by Crippen LogP contribution is 2.71. The molecule has 3 saturated carbocycles. The largest absolute Gasteiger partial charge is 0.445 e. The van der Waals surface area contributed by atoms with Crippen LogP contribution in [-0.2, 0) is 14.3 Å². The number of carbonyl (C=O) groups excluding carboxylic acids is 3. The molecule has 0 aromatic carbocycles. The summed E-state index contributed by atoms with van der Waals surface area (Å²) in [5, 5.41) is 10.7. The summed E-state index contributed by atoms with van der Waals surface area (Å²) in [6, 6.07) is -1.05. The number of aryl methyl sites for hydroxylation is 1. The highest BCUT2D eigenvalue weighted by atomic mass is 32.2. The van der Waals surface area contributed by atoms with E-state index in [0.717, 1.165) is 17.4 Å². The fourth-order valence-corrected chi connectivity index (χ4v) is 8.99. The molecule has 6 unspecified atom stereocenters. The Bertz CT molecular complexity index is 1230. The second-order valence-corrected chi connectivity index (χ2v) is 12.7. The lowest BCUT2D eigenvalue weighted by molar-refractivity contribution is -0.219. The van der Waals surface area contributed by atoms with Crippen molar-refractivity contribution in [3.63, 3.8) is 0 Å². The van der Waals surface area contributed by atoms with Crippen molar-refractivity contribution >= 4 is 40.0 Å². The maximum Gasteiger partial charge on any atom is 0.351 e. The quantitative estimate of drug-likeness (QED) is 0.531. The van der Waals surface area contributed by atoms with E-state index in [1.807, 2.05) is 0 Å². The van der Waals surface area contributed by atoms with Crippen molar-refractivity contribution in [3.05, 3.63) is 39.9 Å². The van der Waals surface area contributed by atoms with Crippen LogP contribution in [0.25, 0.3) is 0 Å². The molecule has 37 heavy (non-hydrogen) atoms. The van der Waals surface area contributed by atoms with Crippen LogP contribution in [0, 0.1) is 29.6 Å². The highest BCUT2D eigenvalue weighted by molar-refractivity contribution is 8.13. The zero-order valence-electron chi connectivity index (χ0n) is 20.6. The van der Waals surface area contributed by atoms with Gasteiger partial charge in [-0.05, 0) is 74.9 Å². The van der Waals surface area contributed by atoms with E-state index in [4.69, 9.17) is 4.74 Å². The van der Waals surface area contributed by atoms with Crippen molar-refractivity contribution in [2.24, 2.45) is 22.7 Å². The Kier molecular flexibility index (Phi) is 6.31. The Morgan fingerprint density at radius 3 is 2.70 bits per heavy atom. The minimum absolute atomic E-state index is 0.00169. The van der Waals surface area contributed by atoms with E-state index in [1.165, 1.54) is 24.6 Å². The molecule has 0 amide bonds. The predicted molar refractivity (Wildman–Crippen MR) is 132 cm³/mol. The number of ether oxygens (including phenoxy) is 1. The molecule has 0 bridgehead atoms. The van der Waals surface area contributed by atoms with Crippen molar-refractivity contribution in [2.45, 2.75) is 70.0 Å². The van der Waals surface area contributed by atoms with E-state index in [-0.39, 0.29) is 36.1 Å². The molecule has 200 valence electrons. The lowest BCUT2D eigenvalue weighted by atomic mass is 9.44. The zero-order chi connectivity index (χ0) is 27.0. The lowest BCUT2D eigenvalue weighted by Gasteiger charge is -2.63. The van der Waals surface area contributed by atoms with Crippen LogP contribution in [-0.4, -0.2) is 56.5 Å². The summed E-state index contributed by atoms with van der Waals surface area (Å²) in [7, 11) is 0. The van der Waals surface area contributed by atoms with Crippen LogP contribution < -0.4 is 0 Å². The van der Waals surface area contributed by atoms with Crippen LogP contribution in [0.4, 0.5) is 13.2 Å². The molecule has 4 aliphatic rings. The Labute approximate surface area is 220 Å². The summed E-state index contributed by atoms with van der Waals surface area (Å²) in [6.07, 6.45) is 0.0119. The number of aromatic nitrogens is 1. The van der Waals surface area contributed by atoms with E-state index < -0.39 is 69.1 Å². The number of hydrogen-bond donors (Lipinski definition) is 1. The minimum Gasteiger partial charge on any atom is -0.445 e. The van der Waals surface area contributed by atoms with E-state index in [0.29, 0.717) is 17.5 Å². The predicted octanol–water partition coefficient (Wildman–Crippen LogP) is 4.85. The van der Waals surface area contributed by atoms with Crippen LogP contribution in [0.2, 0.25) is 0 Å². The molecule has 0 radical (unpaired) electrons. The van der Waals surface area contributed by atoms with Gasteiger partial charge in [0.2, 0.25) is 5.12 Å². The molecule has 8 atom stereocenters.